The van der Waals surface area contributed by atoms with Crippen LogP contribution >= 0.6 is 11.3 Å². The number of benzene rings is 1. The van der Waals surface area contributed by atoms with Gasteiger partial charge < -0.3 is 9.47 Å². The van der Waals surface area contributed by atoms with Crippen LogP contribution in [0.15, 0.2) is 29.6 Å². The molecule has 2 fully saturated rings. The Morgan fingerprint density at radius 3 is 2.79 bits per heavy atom. The standard InChI is InChI=1S/C18H21FN2O2S/c19-15-5-3-13(4-6-15)17-20-16(12-24-17)11-21-7-1-2-14(10-21)18-22-8-9-23-18/h3-6,12,14,18H,1-2,7-11H2. The van der Waals surface area contributed by atoms with Crippen molar-refractivity contribution in [3.05, 3.63) is 41.2 Å². The summed E-state index contributed by atoms with van der Waals surface area (Å²) in [5.41, 5.74) is 2.05. The van der Waals surface area contributed by atoms with Crippen LogP contribution in [0.3, 0.4) is 0 Å². The molecule has 0 bridgehead atoms. The first kappa shape index (κ1) is 16.1. The number of likely N-dealkylation sites (tertiary alicyclic amines) is 1. The predicted octanol–water partition coefficient (Wildman–Crippen LogP) is 3.53. The van der Waals surface area contributed by atoms with Crippen LogP contribution in [0.2, 0.25) is 0 Å². The fourth-order valence-corrected chi connectivity index (χ4v) is 4.26. The minimum absolute atomic E-state index is 0.0296. The maximum absolute atomic E-state index is 13.0. The lowest BCUT2D eigenvalue weighted by molar-refractivity contribution is -0.101. The second-order valence-corrected chi connectivity index (χ2v) is 7.26. The monoisotopic (exact) mass is 348 g/mol. The molecule has 2 aliphatic rings. The summed E-state index contributed by atoms with van der Waals surface area (Å²) in [6, 6.07) is 6.52. The molecule has 128 valence electrons. The van der Waals surface area contributed by atoms with Crippen molar-refractivity contribution in [3.8, 4) is 10.6 Å². The van der Waals surface area contributed by atoms with E-state index in [0.29, 0.717) is 19.1 Å². The molecule has 4 nitrogen and oxygen atoms in total. The molecule has 0 amide bonds. The Hall–Kier alpha value is -1.34. The Labute approximate surface area is 145 Å². The highest BCUT2D eigenvalue weighted by Gasteiger charge is 2.31. The first-order valence-corrected chi connectivity index (χ1v) is 9.32. The SMILES string of the molecule is Fc1ccc(-c2nc(CN3CCCC(C4OCCO4)C3)cs2)cc1. The zero-order chi connectivity index (χ0) is 16.4. The Morgan fingerprint density at radius 1 is 1.21 bits per heavy atom. The van der Waals surface area contributed by atoms with Crippen LogP contribution in [0.4, 0.5) is 4.39 Å². The van der Waals surface area contributed by atoms with Crippen molar-refractivity contribution >= 4 is 11.3 Å². The van der Waals surface area contributed by atoms with Crippen LogP contribution in [0, 0.1) is 11.7 Å². The molecule has 2 aromatic rings. The van der Waals surface area contributed by atoms with Crippen molar-refractivity contribution in [3.63, 3.8) is 0 Å². The number of halogens is 1. The smallest absolute Gasteiger partial charge is 0.161 e. The molecule has 2 saturated heterocycles. The van der Waals surface area contributed by atoms with Crippen LogP contribution in [-0.4, -0.2) is 42.5 Å². The molecule has 6 heteroatoms. The summed E-state index contributed by atoms with van der Waals surface area (Å²) >= 11 is 1.61. The van der Waals surface area contributed by atoms with Crippen molar-refractivity contribution in [2.75, 3.05) is 26.3 Å². The maximum Gasteiger partial charge on any atom is 0.161 e. The van der Waals surface area contributed by atoms with Gasteiger partial charge in [-0.25, -0.2) is 9.37 Å². The van der Waals surface area contributed by atoms with Crippen LogP contribution in [0.5, 0.6) is 0 Å². The van der Waals surface area contributed by atoms with Gasteiger partial charge >= 0.3 is 0 Å². The highest BCUT2D eigenvalue weighted by atomic mass is 32.1. The van der Waals surface area contributed by atoms with Gasteiger partial charge in [0, 0.05) is 30.0 Å². The van der Waals surface area contributed by atoms with Crippen LogP contribution in [0.1, 0.15) is 18.5 Å². The van der Waals surface area contributed by atoms with Crippen molar-refractivity contribution in [1.82, 2.24) is 9.88 Å². The van der Waals surface area contributed by atoms with E-state index in [1.54, 1.807) is 23.5 Å². The zero-order valence-corrected chi connectivity index (χ0v) is 14.3. The molecule has 1 aromatic heterocycles. The Bertz CT molecular complexity index is 670. The number of piperidine rings is 1. The van der Waals surface area contributed by atoms with E-state index in [1.165, 1.54) is 25.0 Å². The summed E-state index contributed by atoms with van der Waals surface area (Å²) in [6.07, 6.45) is 2.31. The largest absolute Gasteiger partial charge is 0.350 e. The topological polar surface area (TPSA) is 34.6 Å². The summed E-state index contributed by atoms with van der Waals surface area (Å²) in [5, 5.41) is 3.05. The van der Waals surface area contributed by atoms with Crippen LogP contribution in [0.25, 0.3) is 10.6 Å². The first-order valence-electron chi connectivity index (χ1n) is 8.44. The minimum atomic E-state index is -0.216. The average Bonchev–Trinajstić information content (AvgIpc) is 3.28. The molecule has 0 aliphatic carbocycles. The van der Waals surface area contributed by atoms with Gasteiger partial charge in [0.1, 0.15) is 10.8 Å². The van der Waals surface area contributed by atoms with E-state index in [-0.39, 0.29) is 12.1 Å². The number of nitrogens with zero attached hydrogens (tertiary/aromatic N) is 2. The van der Waals surface area contributed by atoms with Crippen molar-refractivity contribution in [2.45, 2.75) is 25.7 Å². The molecule has 0 radical (unpaired) electrons. The number of rotatable bonds is 4. The normalized spacial score (nSPS) is 23.0. The zero-order valence-electron chi connectivity index (χ0n) is 13.5. The second-order valence-electron chi connectivity index (χ2n) is 6.40. The third kappa shape index (κ3) is 3.67. The molecule has 0 spiro atoms. The molecule has 1 atom stereocenters. The summed E-state index contributed by atoms with van der Waals surface area (Å²) in [7, 11) is 0. The fourth-order valence-electron chi connectivity index (χ4n) is 3.44. The maximum atomic E-state index is 13.0. The van der Waals surface area contributed by atoms with Crippen molar-refractivity contribution in [1.29, 1.82) is 0 Å². The molecule has 1 aromatic carbocycles. The second kappa shape index (κ2) is 7.27. The Balaban J connectivity index is 1.39. The van der Waals surface area contributed by atoms with Gasteiger partial charge in [0.05, 0.1) is 18.9 Å². The molecule has 3 heterocycles. The van der Waals surface area contributed by atoms with E-state index in [9.17, 15) is 4.39 Å². The summed E-state index contributed by atoms with van der Waals surface area (Å²) in [4.78, 5) is 7.15. The van der Waals surface area contributed by atoms with Crippen molar-refractivity contribution < 1.29 is 13.9 Å². The number of aromatic nitrogens is 1. The lowest BCUT2D eigenvalue weighted by Crippen LogP contribution is -2.40. The minimum Gasteiger partial charge on any atom is -0.350 e. The number of thiazole rings is 1. The van der Waals surface area contributed by atoms with E-state index in [1.807, 2.05) is 0 Å². The number of hydrogen-bond acceptors (Lipinski definition) is 5. The van der Waals surface area contributed by atoms with Gasteiger partial charge in [0.25, 0.3) is 0 Å². The average molecular weight is 348 g/mol. The molecule has 1 unspecified atom stereocenters. The highest BCUT2D eigenvalue weighted by molar-refractivity contribution is 7.13. The molecule has 0 saturated carbocycles. The van der Waals surface area contributed by atoms with Gasteiger partial charge in [-0.1, -0.05) is 0 Å². The molecule has 4 rings (SSSR count). The fraction of sp³-hybridized carbons (Fsp3) is 0.500. The van der Waals surface area contributed by atoms with Gasteiger partial charge in [-0.2, -0.15) is 0 Å². The third-order valence-corrected chi connectivity index (χ3v) is 5.54. The lowest BCUT2D eigenvalue weighted by Gasteiger charge is -2.34. The van der Waals surface area contributed by atoms with Gasteiger partial charge in [-0.15, -0.1) is 11.3 Å². The Morgan fingerprint density at radius 2 is 2.00 bits per heavy atom. The van der Waals surface area contributed by atoms with Crippen LogP contribution < -0.4 is 0 Å². The number of ether oxygens (including phenoxy) is 2. The van der Waals surface area contributed by atoms with Gasteiger partial charge in [0.2, 0.25) is 0 Å². The molecule has 0 N–H and O–H groups in total. The van der Waals surface area contributed by atoms with Crippen LogP contribution in [-0.2, 0) is 16.0 Å². The van der Waals surface area contributed by atoms with Gasteiger partial charge in [-0.3, -0.25) is 4.90 Å². The van der Waals surface area contributed by atoms with E-state index in [2.05, 4.69) is 10.3 Å². The molecule has 2 aliphatic heterocycles. The van der Waals surface area contributed by atoms with Gasteiger partial charge in [-0.05, 0) is 43.7 Å². The van der Waals surface area contributed by atoms with E-state index in [0.717, 1.165) is 35.9 Å². The third-order valence-electron chi connectivity index (χ3n) is 4.60. The molecular weight excluding hydrogens is 327 g/mol. The Kier molecular flexibility index (Phi) is 4.89. The lowest BCUT2D eigenvalue weighted by atomic mass is 9.97. The summed E-state index contributed by atoms with van der Waals surface area (Å²) < 4.78 is 24.4. The molecule has 24 heavy (non-hydrogen) atoms. The van der Waals surface area contributed by atoms with E-state index in [4.69, 9.17) is 14.5 Å². The molecular formula is C18H21FN2O2S. The number of hydrogen-bond donors (Lipinski definition) is 0. The van der Waals surface area contributed by atoms with Crippen molar-refractivity contribution in [2.24, 2.45) is 5.92 Å². The quantitative estimate of drug-likeness (QED) is 0.847. The first-order chi connectivity index (χ1) is 11.8. The summed E-state index contributed by atoms with van der Waals surface area (Å²) in [5.74, 6) is 0.239. The van der Waals surface area contributed by atoms with E-state index < -0.39 is 0 Å². The van der Waals surface area contributed by atoms with Gasteiger partial charge in [0.15, 0.2) is 6.29 Å². The predicted molar refractivity (Wildman–Crippen MR) is 91.2 cm³/mol. The van der Waals surface area contributed by atoms with E-state index >= 15 is 0 Å². The highest BCUT2D eigenvalue weighted by Crippen LogP contribution is 2.28. The summed E-state index contributed by atoms with van der Waals surface area (Å²) in [6.45, 7) is 4.37.